The van der Waals surface area contributed by atoms with Gasteiger partial charge in [0.15, 0.2) is 11.6 Å². The molecular weight excluding hydrogens is 411 g/mol. The normalized spacial score (nSPS) is 16.9. The number of nitrogens with one attached hydrogen (secondary N) is 1. The van der Waals surface area contributed by atoms with Crippen molar-refractivity contribution >= 4 is 29.0 Å². The van der Waals surface area contributed by atoms with E-state index in [-0.39, 0.29) is 11.9 Å². The summed E-state index contributed by atoms with van der Waals surface area (Å²) in [5, 5.41) is 14.4. The Morgan fingerprint density at radius 2 is 1.93 bits per heavy atom. The molecule has 29 heavy (non-hydrogen) atoms. The number of anilines is 1. The smallest absolute Gasteiger partial charge is 0.166 e. The molecule has 0 saturated heterocycles. The summed E-state index contributed by atoms with van der Waals surface area (Å²) in [6.07, 6.45) is 2.43. The summed E-state index contributed by atoms with van der Waals surface area (Å²) in [6.45, 7) is 3.03. The zero-order chi connectivity index (χ0) is 20.5. The van der Waals surface area contributed by atoms with Crippen LogP contribution in [0.5, 0.6) is 5.75 Å². The van der Waals surface area contributed by atoms with Gasteiger partial charge < -0.3 is 20.9 Å². The van der Waals surface area contributed by atoms with Crippen molar-refractivity contribution in [3.63, 3.8) is 0 Å². The third kappa shape index (κ3) is 4.16. The van der Waals surface area contributed by atoms with E-state index in [1.165, 1.54) is 0 Å². The number of aliphatic hydroxyl groups excluding tert-OH is 1. The van der Waals surface area contributed by atoms with E-state index in [1.807, 2.05) is 19.1 Å². The average molecular weight is 431 g/mol. The molecule has 3 aromatic rings. The molecule has 0 radical (unpaired) electrons. The van der Waals surface area contributed by atoms with Crippen LogP contribution in [-0.4, -0.2) is 21.6 Å². The Balaban J connectivity index is 1.64. The minimum absolute atomic E-state index is 0.279. The van der Waals surface area contributed by atoms with Crippen molar-refractivity contribution < 1.29 is 9.84 Å². The fourth-order valence-electron chi connectivity index (χ4n) is 3.35. The van der Waals surface area contributed by atoms with E-state index in [1.54, 1.807) is 30.6 Å². The van der Waals surface area contributed by atoms with E-state index < -0.39 is 6.10 Å². The summed E-state index contributed by atoms with van der Waals surface area (Å²) < 4.78 is 6.06. The predicted molar refractivity (Wildman–Crippen MR) is 114 cm³/mol. The molecule has 4 rings (SSSR count). The molecule has 0 amide bonds. The SMILES string of the molecule is CC(Oc1cc(-c2cnc3c(c2)CNCC3O)cnc1N)c1cc(Cl)ccc1Cl. The molecule has 1 aliphatic heterocycles. The molecule has 3 heterocycles. The van der Waals surface area contributed by atoms with E-state index in [4.69, 9.17) is 33.7 Å². The first-order chi connectivity index (χ1) is 13.9. The Labute approximate surface area is 178 Å². The molecule has 1 aliphatic rings. The number of ether oxygens (including phenoxy) is 1. The zero-order valence-corrected chi connectivity index (χ0v) is 17.2. The predicted octanol–water partition coefficient (Wildman–Crippen LogP) is 4.31. The molecule has 0 saturated carbocycles. The number of nitrogens with two attached hydrogens (primary N) is 1. The molecule has 150 valence electrons. The Morgan fingerprint density at radius 3 is 2.76 bits per heavy atom. The van der Waals surface area contributed by atoms with Gasteiger partial charge in [0.2, 0.25) is 0 Å². The number of aliphatic hydroxyl groups is 1. The maximum absolute atomic E-state index is 10.1. The summed E-state index contributed by atoms with van der Waals surface area (Å²) in [4.78, 5) is 8.71. The standard InChI is InChI=1S/C21H20Cl2N4O2/c1-11(16-6-15(22)2-3-17(16)23)29-19-5-13(9-27-21(19)24)12-4-14-7-25-10-18(28)20(14)26-8-12/h2-6,8-9,11,18,25,28H,7,10H2,1H3,(H2,24,27). The molecule has 0 spiro atoms. The van der Waals surface area contributed by atoms with Crippen LogP contribution in [0.15, 0.2) is 42.7 Å². The quantitative estimate of drug-likeness (QED) is 0.570. The second kappa shape index (κ2) is 8.16. The molecule has 2 aromatic heterocycles. The first kappa shape index (κ1) is 19.9. The maximum Gasteiger partial charge on any atom is 0.166 e. The van der Waals surface area contributed by atoms with Crippen LogP contribution in [0.25, 0.3) is 11.1 Å². The van der Waals surface area contributed by atoms with Crippen molar-refractivity contribution in [2.24, 2.45) is 0 Å². The Hall–Kier alpha value is -2.38. The summed E-state index contributed by atoms with van der Waals surface area (Å²) in [5.41, 5.74) is 10.1. The maximum atomic E-state index is 10.1. The number of halogens is 2. The molecule has 0 aliphatic carbocycles. The van der Waals surface area contributed by atoms with E-state index in [0.29, 0.717) is 34.6 Å². The molecule has 6 nitrogen and oxygen atoms in total. The number of rotatable bonds is 4. The lowest BCUT2D eigenvalue weighted by Gasteiger charge is -2.22. The molecule has 1 aromatic carbocycles. The minimum atomic E-state index is -0.598. The van der Waals surface area contributed by atoms with Gasteiger partial charge in [-0.25, -0.2) is 4.98 Å². The number of nitrogen functional groups attached to an aromatic ring is 1. The van der Waals surface area contributed by atoms with Crippen LogP contribution in [0.4, 0.5) is 5.82 Å². The monoisotopic (exact) mass is 430 g/mol. The summed E-state index contributed by atoms with van der Waals surface area (Å²) in [5.74, 6) is 0.726. The first-order valence-corrected chi connectivity index (χ1v) is 9.93. The van der Waals surface area contributed by atoms with Gasteiger partial charge >= 0.3 is 0 Å². The highest BCUT2D eigenvalue weighted by Crippen LogP contribution is 2.34. The van der Waals surface area contributed by atoms with Crippen LogP contribution < -0.4 is 15.8 Å². The summed E-state index contributed by atoms with van der Waals surface area (Å²) >= 11 is 12.4. The molecule has 0 fully saturated rings. The van der Waals surface area contributed by atoms with Crippen LogP contribution in [0.1, 0.15) is 36.0 Å². The van der Waals surface area contributed by atoms with Gasteiger partial charge in [-0.1, -0.05) is 23.2 Å². The van der Waals surface area contributed by atoms with Gasteiger partial charge in [-0.05, 0) is 42.8 Å². The summed E-state index contributed by atoms with van der Waals surface area (Å²) in [6, 6.07) is 9.05. The van der Waals surface area contributed by atoms with E-state index in [2.05, 4.69) is 15.3 Å². The third-order valence-corrected chi connectivity index (χ3v) is 5.46. The number of benzene rings is 1. The fraction of sp³-hybridized carbons (Fsp3) is 0.238. The number of fused-ring (bicyclic) bond motifs is 1. The second-order valence-electron chi connectivity index (χ2n) is 6.95. The average Bonchev–Trinajstić information content (AvgIpc) is 2.71. The number of nitrogens with zero attached hydrogens (tertiary/aromatic N) is 2. The van der Waals surface area contributed by atoms with Crippen LogP contribution in [0, 0.1) is 0 Å². The Kier molecular flexibility index (Phi) is 5.61. The molecule has 8 heteroatoms. The molecule has 4 N–H and O–H groups in total. The lowest BCUT2D eigenvalue weighted by atomic mass is 10.0. The third-order valence-electron chi connectivity index (χ3n) is 4.89. The lowest BCUT2D eigenvalue weighted by molar-refractivity contribution is 0.160. The Morgan fingerprint density at radius 1 is 1.17 bits per heavy atom. The van der Waals surface area contributed by atoms with Crippen molar-refractivity contribution in [1.82, 2.24) is 15.3 Å². The molecule has 2 atom stereocenters. The summed E-state index contributed by atoms with van der Waals surface area (Å²) in [7, 11) is 0. The van der Waals surface area contributed by atoms with Crippen LogP contribution in [0.2, 0.25) is 10.0 Å². The van der Waals surface area contributed by atoms with Gasteiger partial charge in [0, 0.05) is 52.2 Å². The second-order valence-corrected chi connectivity index (χ2v) is 7.79. The number of β-amino-alcohol motifs (C(OH)–C–C–N with tert-alkyl or cyclic N) is 1. The largest absolute Gasteiger partial charge is 0.482 e. The molecule has 2 unspecified atom stereocenters. The highest BCUT2D eigenvalue weighted by Gasteiger charge is 2.20. The van der Waals surface area contributed by atoms with Gasteiger partial charge in [-0.2, -0.15) is 0 Å². The van der Waals surface area contributed by atoms with Crippen LogP contribution in [0.3, 0.4) is 0 Å². The lowest BCUT2D eigenvalue weighted by Crippen LogP contribution is -2.28. The topological polar surface area (TPSA) is 93.3 Å². The number of hydrogen-bond acceptors (Lipinski definition) is 6. The number of aromatic nitrogens is 2. The van der Waals surface area contributed by atoms with Crippen molar-refractivity contribution in [2.45, 2.75) is 25.7 Å². The highest BCUT2D eigenvalue weighted by molar-refractivity contribution is 6.33. The zero-order valence-electron chi connectivity index (χ0n) is 15.7. The fourth-order valence-corrected chi connectivity index (χ4v) is 3.80. The van der Waals surface area contributed by atoms with Gasteiger partial charge in [0.1, 0.15) is 12.2 Å². The Bertz CT molecular complexity index is 1060. The van der Waals surface area contributed by atoms with Gasteiger partial charge in [-0.15, -0.1) is 0 Å². The van der Waals surface area contributed by atoms with E-state index in [9.17, 15) is 5.11 Å². The van der Waals surface area contributed by atoms with Gasteiger partial charge in [0.25, 0.3) is 0 Å². The number of pyridine rings is 2. The highest BCUT2D eigenvalue weighted by atomic mass is 35.5. The van der Waals surface area contributed by atoms with E-state index in [0.717, 1.165) is 22.3 Å². The first-order valence-electron chi connectivity index (χ1n) is 9.17. The number of hydrogen-bond donors (Lipinski definition) is 3. The van der Waals surface area contributed by atoms with Crippen molar-refractivity contribution in [3.8, 4) is 16.9 Å². The minimum Gasteiger partial charge on any atom is -0.482 e. The van der Waals surface area contributed by atoms with Crippen LogP contribution >= 0.6 is 23.2 Å². The molecule has 0 bridgehead atoms. The van der Waals surface area contributed by atoms with Crippen molar-refractivity contribution in [1.29, 1.82) is 0 Å². The van der Waals surface area contributed by atoms with Crippen LogP contribution in [-0.2, 0) is 6.54 Å². The van der Waals surface area contributed by atoms with Gasteiger partial charge in [0.05, 0.1) is 5.69 Å². The van der Waals surface area contributed by atoms with Crippen molar-refractivity contribution in [3.05, 3.63) is 69.6 Å². The van der Waals surface area contributed by atoms with Crippen molar-refractivity contribution in [2.75, 3.05) is 12.3 Å². The van der Waals surface area contributed by atoms with Gasteiger partial charge in [-0.3, -0.25) is 4.98 Å². The van der Waals surface area contributed by atoms with E-state index >= 15 is 0 Å². The molecular formula is C21H20Cl2N4O2.